The molecule has 2 heteroatoms. The summed E-state index contributed by atoms with van der Waals surface area (Å²) in [6, 6.07) is 4.17. The molecule has 0 atom stereocenters. The Kier molecular flexibility index (Phi) is 2.45. The highest BCUT2D eigenvalue weighted by Crippen LogP contribution is 2.30. The van der Waals surface area contributed by atoms with Crippen LogP contribution in [0.15, 0.2) is 18.3 Å². The van der Waals surface area contributed by atoms with Crippen LogP contribution < -0.4 is 0 Å². The van der Waals surface area contributed by atoms with Gasteiger partial charge in [0.15, 0.2) is 0 Å². The molecule has 0 N–H and O–H groups in total. The van der Waals surface area contributed by atoms with Crippen LogP contribution >= 0.6 is 0 Å². The fourth-order valence-electron chi connectivity index (χ4n) is 2.07. The molecule has 0 saturated carbocycles. The third kappa shape index (κ3) is 1.80. The maximum Gasteiger partial charge on any atom is 0.0741 e. The van der Waals surface area contributed by atoms with Crippen molar-refractivity contribution in [3.05, 3.63) is 35.3 Å². The van der Waals surface area contributed by atoms with Gasteiger partial charge < -0.3 is 0 Å². The van der Waals surface area contributed by atoms with Crippen molar-refractivity contribution in [2.75, 3.05) is 0 Å². The fourth-order valence-corrected chi connectivity index (χ4v) is 2.07. The largest absolute Gasteiger partial charge is 0.261 e. The van der Waals surface area contributed by atoms with E-state index in [1.165, 1.54) is 10.9 Å². The molecule has 2 rings (SSSR count). The Hall–Kier alpha value is -1.44. The van der Waals surface area contributed by atoms with Gasteiger partial charge in [-0.25, -0.2) is 0 Å². The normalized spacial score (nSPS) is 12.1. The zero-order chi connectivity index (χ0) is 11.9. The quantitative estimate of drug-likeness (QED) is 0.670. The van der Waals surface area contributed by atoms with E-state index in [1.54, 1.807) is 0 Å². The standard InChI is InChI=1S/C14H18N2/c1-9-8-11(14(3,4)5)13-10(2)15-7-6-12(13)16-9/h6-8H,1-5H3. The number of nitrogens with zero attached hydrogens (tertiary/aromatic N) is 2. The third-order valence-corrected chi connectivity index (χ3v) is 2.85. The molecule has 0 amide bonds. The SMILES string of the molecule is Cc1cc(C(C)(C)C)c2c(C)nccc2n1. The van der Waals surface area contributed by atoms with Crippen LogP contribution in [0.4, 0.5) is 0 Å². The molecule has 0 aliphatic carbocycles. The van der Waals surface area contributed by atoms with Crippen LogP contribution in [0.25, 0.3) is 10.9 Å². The van der Waals surface area contributed by atoms with Crippen LogP contribution in [0.5, 0.6) is 0 Å². The smallest absolute Gasteiger partial charge is 0.0741 e. The van der Waals surface area contributed by atoms with E-state index in [1.807, 2.05) is 19.2 Å². The van der Waals surface area contributed by atoms with Gasteiger partial charge in [0.2, 0.25) is 0 Å². The van der Waals surface area contributed by atoms with Gasteiger partial charge in [-0.2, -0.15) is 0 Å². The number of aromatic nitrogens is 2. The zero-order valence-corrected chi connectivity index (χ0v) is 10.6. The highest BCUT2D eigenvalue weighted by Gasteiger charge is 2.19. The van der Waals surface area contributed by atoms with Gasteiger partial charge in [0.1, 0.15) is 0 Å². The summed E-state index contributed by atoms with van der Waals surface area (Å²) in [6.45, 7) is 10.8. The molecule has 2 heterocycles. The number of hydrogen-bond acceptors (Lipinski definition) is 2. The monoisotopic (exact) mass is 214 g/mol. The number of fused-ring (bicyclic) bond motifs is 1. The Morgan fingerprint density at radius 1 is 1.12 bits per heavy atom. The summed E-state index contributed by atoms with van der Waals surface area (Å²) < 4.78 is 0. The van der Waals surface area contributed by atoms with Gasteiger partial charge >= 0.3 is 0 Å². The molecule has 0 aliphatic rings. The van der Waals surface area contributed by atoms with Crippen molar-refractivity contribution in [2.45, 2.75) is 40.0 Å². The second kappa shape index (κ2) is 3.55. The molecule has 0 spiro atoms. The van der Waals surface area contributed by atoms with Gasteiger partial charge in [-0.15, -0.1) is 0 Å². The topological polar surface area (TPSA) is 25.8 Å². The Balaban J connectivity index is 2.91. The molecule has 2 aromatic rings. The summed E-state index contributed by atoms with van der Waals surface area (Å²) in [6.07, 6.45) is 1.83. The van der Waals surface area contributed by atoms with E-state index in [2.05, 4.69) is 43.7 Å². The third-order valence-electron chi connectivity index (χ3n) is 2.85. The molecule has 2 nitrogen and oxygen atoms in total. The van der Waals surface area contributed by atoms with Crippen molar-refractivity contribution in [1.29, 1.82) is 0 Å². The summed E-state index contributed by atoms with van der Waals surface area (Å²) in [7, 11) is 0. The average Bonchev–Trinajstić information content (AvgIpc) is 2.15. The number of aryl methyl sites for hydroxylation is 2. The van der Waals surface area contributed by atoms with E-state index in [0.29, 0.717) is 0 Å². The van der Waals surface area contributed by atoms with Crippen molar-refractivity contribution in [2.24, 2.45) is 0 Å². The van der Waals surface area contributed by atoms with E-state index in [0.717, 1.165) is 16.9 Å². The lowest BCUT2D eigenvalue weighted by Crippen LogP contribution is -2.13. The minimum absolute atomic E-state index is 0.125. The van der Waals surface area contributed by atoms with Crippen LogP contribution in [0, 0.1) is 13.8 Å². The first kappa shape index (κ1) is 11.1. The lowest BCUT2D eigenvalue weighted by molar-refractivity contribution is 0.594. The lowest BCUT2D eigenvalue weighted by atomic mass is 9.84. The Labute approximate surface area is 96.7 Å². The average molecular weight is 214 g/mol. The predicted molar refractivity (Wildman–Crippen MR) is 67.7 cm³/mol. The van der Waals surface area contributed by atoms with Crippen molar-refractivity contribution >= 4 is 10.9 Å². The Bertz CT molecular complexity index is 536. The van der Waals surface area contributed by atoms with E-state index in [4.69, 9.17) is 0 Å². The lowest BCUT2D eigenvalue weighted by Gasteiger charge is -2.22. The molecule has 0 fully saturated rings. The van der Waals surface area contributed by atoms with Crippen molar-refractivity contribution in [3.63, 3.8) is 0 Å². The zero-order valence-electron chi connectivity index (χ0n) is 10.6. The maximum absolute atomic E-state index is 4.57. The van der Waals surface area contributed by atoms with Gasteiger partial charge in [-0.3, -0.25) is 9.97 Å². The fraction of sp³-hybridized carbons (Fsp3) is 0.429. The number of hydrogen-bond donors (Lipinski definition) is 0. The molecule has 2 aromatic heterocycles. The second-order valence-corrected chi connectivity index (χ2v) is 5.35. The molecular weight excluding hydrogens is 196 g/mol. The molecule has 0 aliphatic heterocycles. The van der Waals surface area contributed by atoms with Gasteiger partial charge in [0, 0.05) is 23.0 Å². The number of rotatable bonds is 0. The van der Waals surface area contributed by atoms with Gasteiger partial charge in [0.25, 0.3) is 0 Å². The summed E-state index contributed by atoms with van der Waals surface area (Å²) in [5.41, 5.74) is 4.65. The van der Waals surface area contributed by atoms with E-state index in [-0.39, 0.29) is 5.41 Å². The first-order valence-corrected chi connectivity index (χ1v) is 5.63. The maximum atomic E-state index is 4.57. The summed E-state index contributed by atoms with van der Waals surface area (Å²) in [5, 5.41) is 1.21. The van der Waals surface area contributed by atoms with Crippen LogP contribution in [-0.4, -0.2) is 9.97 Å². The molecule has 0 bridgehead atoms. The van der Waals surface area contributed by atoms with Crippen LogP contribution in [0.2, 0.25) is 0 Å². The highest BCUT2D eigenvalue weighted by atomic mass is 14.7. The van der Waals surface area contributed by atoms with Crippen molar-refractivity contribution in [3.8, 4) is 0 Å². The molecule has 84 valence electrons. The number of pyridine rings is 2. The summed E-state index contributed by atoms with van der Waals surface area (Å²) >= 11 is 0. The van der Waals surface area contributed by atoms with Crippen LogP contribution in [0.1, 0.15) is 37.7 Å². The first-order valence-electron chi connectivity index (χ1n) is 5.63. The molecule has 0 saturated heterocycles. The van der Waals surface area contributed by atoms with Crippen molar-refractivity contribution < 1.29 is 0 Å². The summed E-state index contributed by atoms with van der Waals surface area (Å²) in [4.78, 5) is 8.94. The van der Waals surface area contributed by atoms with E-state index < -0.39 is 0 Å². The minimum atomic E-state index is 0.125. The Morgan fingerprint density at radius 3 is 2.44 bits per heavy atom. The first-order chi connectivity index (χ1) is 7.39. The highest BCUT2D eigenvalue weighted by molar-refractivity contribution is 5.85. The van der Waals surface area contributed by atoms with Gasteiger partial charge in [-0.05, 0) is 37.0 Å². The van der Waals surface area contributed by atoms with E-state index >= 15 is 0 Å². The molecule has 0 radical (unpaired) electrons. The molecule has 0 aromatic carbocycles. The summed E-state index contributed by atoms with van der Waals surface area (Å²) in [5.74, 6) is 0. The van der Waals surface area contributed by atoms with Gasteiger partial charge in [-0.1, -0.05) is 20.8 Å². The van der Waals surface area contributed by atoms with Crippen LogP contribution in [0.3, 0.4) is 0 Å². The molecule has 0 unspecified atom stereocenters. The Morgan fingerprint density at radius 2 is 1.81 bits per heavy atom. The van der Waals surface area contributed by atoms with Crippen LogP contribution in [-0.2, 0) is 5.41 Å². The molecular formula is C14H18N2. The van der Waals surface area contributed by atoms with Crippen molar-refractivity contribution in [1.82, 2.24) is 9.97 Å². The van der Waals surface area contributed by atoms with Gasteiger partial charge in [0.05, 0.1) is 5.52 Å². The molecule has 16 heavy (non-hydrogen) atoms. The minimum Gasteiger partial charge on any atom is -0.261 e. The van der Waals surface area contributed by atoms with E-state index in [9.17, 15) is 0 Å². The second-order valence-electron chi connectivity index (χ2n) is 5.35. The predicted octanol–water partition coefficient (Wildman–Crippen LogP) is 3.54.